The Balaban J connectivity index is 2.42. The maximum atomic E-state index is 10.9. The molecule has 0 aliphatic carbocycles. The third-order valence-electron chi connectivity index (χ3n) is 1.79. The molecule has 1 unspecified atom stereocenters. The molecule has 2 N–H and O–H groups in total. The van der Waals surface area contributed by atoms with Crippen LogP contribution in [0.2, 0.25) is 0 Å². The van der Waals surface area contributed by atoms with Crippen LogP contribution in [0.15, 0.2) is 23.1 Å². The van der Waals surface area contributed by atoms with Gasteiger partial charge in [-0.3, -0.25) is 4.79 Å². The Hall–Kier alpha value is -1.40. The molecule has 14 heavy (non-hydrogen) atoms. The van der Waals surface area contributed by atoms with Crippen LogP contribution in [0.4, 0.5) is 5.69 Å². The van der Waals surface area contributed by atoms with Gasteiger partial charge in [-0.05, 0) is 18.2 Å². The highest BCUT2D eigenvalue weighted by molar-refractivity contribution is 7.79. The fraction of sp³-hybridized carbons (Fsp3) is 0.125. The minimum atomic E-state index is -2.05. The molecule has 0 radical (unpaired) electrons. The molecule has 74 valence electrons. The fourth-order valence-corrected chi connectivity index (χ4v) is 1.57. The van der Waals surface area contributed by atoms with Crippen molar-refractivity contribution < 1.29 is 18.3 Å². The maximum absolute atomic E-state index is 10.9. The monoisotopic (exact) mass is 213 g/mol. The first kappa shape index (κ1) is 9.17. The zero-order valence-electron chi connectivity index (χ0n) is 7.02. The molecule has 1 atom stereocenters. The Bertz CT molecular complexity index is 418. The summed E-state index contributed by atoms with van der Waals surface area (Å²) in [6.45, 7) is -0.0193. The van der Waals surface area contributed by atoms with E-state index in [2.05, 4.69) is 5.32 Å². The van der Waals surface area contributed by atoms with Gasteiger partial charge in [0.25, 0.3) is 5.91 Å². The lowest BCUT2D eigenvalue weighted by Crippen LogP contribution is -2.25. The van der Waals surface area contributed by atoms with Gasteiger partial charge in [0, 0.05) is 0 Å². The van der Waals surface area contributed by atoms with Crippen LogP contribution >= 0.6 is 0 Å². The van der Waals surface area contributed by atoms with E-state index < -0.39 is 11.1 Å². The summed E-state index contributed by atoms with van der Waals surface area (Å²) in [5.74, 6) is 0.247. The number of amides is 1. The number of anilines is 1. The summed E-state index contributed by atoms with van der Waals surface area (Å²) in [6, 6.07) is 4.45. The topological polar surface area (TPSA) is 75.6 Å². The number of rotatable bonds is 1. The summed E-state index contributed by atoms with van der Waals surface area (Å²) in [5, 5.41) is 2.55. The SMILES string of the molecule is O=C1COc2ccc(S(=O)O)cc2N1. The Morgan fingerprint density at radius 3 is 3.00 bits per heavy atom. The van der Waals surface area contributed by atoms with Gasteiger partial charge < -0.3 is 14.6 Å². The Labute approximate surface area is 82.4 Å². The van der Waals surface area contributed by atoms with Crippen molar-refractivity contribution in [1.29, 1.82) is 0 Å². The van der Waals surface area contributed by atoms with Crippen LogP contribution in [0.3, 0.4) is 0 Å². The van der Waals surface area contributed by atoms with Crippen molar-refractivity contribution in [1.82, 2.24) is 0 Å². The van der Waals surface area contributed by atoms with E-state index in [0.717, 1.165) is 0 Å². The van der Waals surface area contributed by atoms with E-state index in [4.69, 9.17) is 9.29 Å². The van der Waals surface area contributed by atoms with Crippen molar-refractivity contribution in [3.8, 4) is 5.75 Å². The first-order valence-electron chi connectivity index (χ1n) is 3.84. The normalized spacial score (nSPS) is 16.5. The highest BCUT2D eigenvalue weighted by atomic mass is 32.2. The van der Waals surface area contributed by atoms with E-state index >= 15 is 0 Å². The summed E-state index contributed by atoms with van der Waals surface area (Å²) < 4.78 is 24.6. The second-order valence-corrected chi connectivity index (χ2v) is 3.71. The van der Waals surface area contributed by atoms with Crippen molar-refractivity contribution in [2.75, 3.05) is 11.9 Å². The quantitative estimate of drug-likeness (QED) is 0.670. The molecule has 0 bridgehead atoms. The Morgan fingerprint density at radius 2 is 2.29 bits per heavy atom. The summed E-state index contributed by atoms with van der Waals surface area (Å²) in [6.07, 6.45) is 0. The Morgan fingerprint density at radius 1 is 1.50 bits per heavy atom. The largest absolute Gasteiger partial charge is 0.482 e. The molecule has 6 heteroatoms. The van der Waals surface area contributed by atoms with Gasteiger partial charge in [-0.25, -0.2) is 4.21 Å². The second-order valence-electron chi connectivity index (χ2n) is 2.74. The minimum absolute atomic E-state index is 0.0193. The summed E-state index contributed by atoms with van der Waals surface area (Å²) >= 11 is -2.05. The number of benzene rings is 1. The predicted octanol–water partition coefficient (Wildman–Crippen LogP) is 0.598. The summed E-state index contributed by atoms with van der Waals surface area (Å²) in [4.78, 5) is 11.2. The lowest BCUT2D eigenvalue weighted by atomic mass is 10.2. The van der Waals surface area contributed by atoms with Crippen LogP contribution < -0.4 is 10.1 Å². The molecule has 0 aromatic heterocycles. The summed E-state index contributed by atoms with van der Waals surface area (Å²) in [7, 11) is 0. The predicted molar refractivity (Wildman–Crippen MR) is 49.6 cm³/mol. The first-order chi connectivity index (χ1) is 6.66. The molecule has 1 aromatic rings. The van der Waals surface area contributed by atoms with Crippen LogP contribution in [0.25, 0.3) is 0 Å². The van der Waals surface area contributed by atoms with Crippen LogP contribution in [-0.2, 0) is 15.9 Å². The standard InChI is InChI=1S/C8H7NO4S/c10-8-4-13-7-2-1-5(14(11)12)3-6(7)9-8/h1-3H,4H2,(H,9,10)(H,11,12). The molecule has 1 aliphatic rings. The number of ether oxygens (including phenoxy) is 1. The lowest BCUT2D eigenvalue weighted by Gasteiger charge is -2.17. The van der Waals surface area contributed by atoms with Crippen molar-refractivity contribution >= 4 is 22.7 Å². The highest BCUT2D eigenvalue weighted by Gasteiger charge is 2.16. The van der Waals surface area contributed by atoms with Gasteiger partial charge >= 0.3 is 0 Å². The average Bonchev–Trinajstić information content (AvgIpc) is 2.16. The lowest BCUT2D eigenvalue weighted by molar-refractivity contribution is -0.118. The second kappa shape index (κ2) is 3.39. The van der Waals surface area contributed by atoms with E-state index in [0.29, 0.717) is 11.4 Å². The van der Waals surface area contributed by atoms with E-state index in [9.17, 15) is 9.00 Å². The zero-order chi connectivity index (χ0) is 10.1. The molecule has 0 fully saturated rings. The minimum Gasteiger partial charge on any atom is -0.482 e. The number of carbonyl (C=O) groups excluding carboxylic acids is 1. The van der Waals surface area contributed by atoms with Gasteiger partial charge in [-0.2, -0.15) is 0 Å². The molecule has 1 amide bonds. The van der Waals surface area contributed by atoms with E-state index in [1.165, 1.54) is 12.1 Å². The van der Waals surface area contributed by atoms with Crippen molar-refractivity contribution in [2.24, 2.45) is 0 Å². The van der Waals surface area contributed by atoms with Crippen molar-refractivity contribution in [3.05, 3.63) is 18.2 Å². The van der Waals surface area contributed by atoms with Gasteiger partial charge in [0.05, 0.1) is 10.6 Å². The van der Waals surface area contributed by atoms with Gasteiger partial charge in [0.2, 0.25) is 0 Å². The molecular formula is C8H7NO4S. The smallest absolute Gasteiger partial charge is 0.262 e. The molecule has 0 spiro atoms. The number of fused-ring (bicyclic) bond motifs is 1. The van der Waals surface area contributed by atoms with Crippen LogP contribution in [0.5, 0.6) is 5.75 Å². The fourth-order valence-electron chi connectivity index (χ4n) is 1.17. The molecule has 1 heterocycles. The molecule has 0 saturated heterocycles. The number of nitrogens with one attached hydrogen (secondary N) is 1. The van der Waals surface area contributed by atoms with E-state index in [-0.39, 0.29) is 17.4 Å². The average molecular weight is 213 g/mol. The van der Waals surface area contributed by atoms with E-state index in [1.807, 2.05) is 0 Å². The Kier molecular flexibility index (Phi) is 2.22. The van der Waals surface area contributed by atoms with Gasteiger partial charge in [-0.1, -0.05) is 0 Å². The first-order valence-corrected chi connectivity index (χ1v) is 4.95. The summed E-state index contributed by atoms with van der Waals surface area (Å²) in [5.41, 5.74) is 0.432. The molecule has 0 saturated carbocycles. The molecule has 5 nitrogen and oxygen atoms in total. The molecular weight excluding hydrogens is 206 g/mol. The number of carbonyl (C=O) groups is 1. The van der Waals surface area contributed by atoms with Crippen LogP contribution in [-0.4, -0.2) is 21.3 Å². The van der Waals surface area contributed by atoms with Crippen LogP contribution in [0, 0.1) is 0 Å². The molecule has 1 aliphatic heterocycles. The third-order valence-corrected chi connectivity index (χ3v) is 2.44. The highest BCUT2D eigenvalue weighted by Crippen LogP contribution is 2.29. The van der Waals surface area contributed by atoms with Gasteiger partial charge in [0.1, 0.15) is 5.75 Å². The van der Waals surface area contributed by atoms with Crippen molar-refractivity contribution in [2.45, 2.75) is 4.90 Å². The van der Waals surface area contributed by atoms with Gasteiger partial charge in [0.15, 0.2) is 17.7 Å². The van der Waals surface area contributed by atoms with Crippen LogP contribution in [0.1, 0.15) is 0 Å². The molecule has 2 rings (SSSR count). The molecule has 1 aromatic carbocycles. The zero-order valence-corrected chi connectivity index (χ0v) is 7.84. The number of hydrogen-bond donors (Lipinski definition) is 2. The van der Waals surface area contributed by atoms with Crippen molar-refractivity contribution in [3.63, 3.8) is 0 Å². The number of hydrogen-bond acceptors (Lipinski definition) is 3. The van der Waals surface area contributed by atoms with Gasteiger partial charge in [-0.15, -0.1) is 0 Å². The third kappa shape index (κ3) is 1.61. The van der Waals surface area contributed by atoms with E-state index in [1.54, 1.807) is 6.07 Å². The maximum Gasteiger partial charge on any atom is 0.262 e.